The van der Waals surface area contributed by atoms with Crippen LogP contribution < -0.4 is 0 Å². The van der Waals surface area contributed by atoms with Crippen LogP contribution in [-0.2, 0) is 0 Å². The zero-order chi connectivity index (χ0) is 18.7. The first-order chi connectivity index (χ1) is 13.4. The quantitative estimate of drug-likeness (QED) is 0.312. The van der Waals surface area contributed by atoms with Gasteiger partial charge in [0.25, 0.3) is 0 Å². The van der Waals surface area contributed by atoms with Crippen molar-refractivity contribution in [1.29, 1.82) is 0 Å². The van der Waals surface area contributed by atoms with E-state index in [0.717, 1.165) is 0 Å². The van der Waals surface area contributed by atoms with Crippen molar-refractivity contribution in [2.75, 3.05) is 0 Å². The van der Waals surface area contributed by atoms with Crippen molar-refractivity contribution in [3.8, 4) is 11.1 Å². The minimum atomic E-state index is 0.625. The summed E-state index contributed by atoms with van der Waals surface area (Å²) in [6, 6.07) is 18.1. The Morgan fingerprint density at radius 3 is 1.41 bits per heavy atom. The van der Waals surface area contributed by atoms with Crippen LogP contribution in [0.5, 0.6) is 0 Å². The average molecular weight is 363 g/mol. The lowest BCUT2D eigenvalue weighted by Crippen LogP contribution is -1.96. The molecule has 2 aromatic carbocycles. The fourth-order valence-electron chi connectivity index (χ4n) is 4.76. The van der Waals surface area contributed by atoms with Crippen LogP contribution in [0.2, 0.25) is 0 Å². The molecule has 27 heavy (non-hydrogen) atoms. The van der Waals surface area contributed by atoms with Crippen molar-refractivity contribution in [1.82, 2.24) is 0 Å². The van der Waals surface area contributed by atoms with Crippen LogP contribution in [0.15, 0.2) is 48.5 Å². The Morgan fingerprint density at radius 1 is 0.519 bits per heavy atom. The molecule has 0 fully saturated rings. The van der Waals surface area contributed by atoms with Crippen LogP contribution in [-0.4, -0.2) is 0 Å². The molecule has 146 valence electrons. The monoisotopic (exact) mass is 362 g/mol. The smallest absolute Gasteiger partial charge is 0.0102 e. The molecular weight excluding hydrogens is 324 g/mol. The lowest BCUT2D eigenvalue weighted by atomic mass is 9.91. The largest absolute Gasteiger partial charge is 0.0654 e. The standard InChI is InChI=1S/C27H38/c1-2-3-4-5-6-7-8-9-10-11-12-13-18-23-24-19-14-16-21-26(24)27-22-17-15-20-25(23)27/h14-17,19-23H,2-13,18H2,1H3. The van der Waals surface area contributed by atoms with Gasteiger partial charge in [0.1, 0.15) is 0 Å². The van der Waals surface area contributed by atoms with E-state index in [4.69, 9.17) is 0 Å². The van der Waals surface area contributed by atoms with Crippen LogP contribution in [0.3, 0.4) is 0 Å². The maximum atomic E-state index is 2.35. The topological polar surface area (TPSA) is 0 Å². The van der Waals surface area contributed by atoms with Gasteiger partial charge in [-0.2, -0.15) is 0 Å². The summed E-state index contributed by atoms with van der Waals surface area (Å²) >= 11 is 0. The molecule has 0 bridgehead atoms. The Labute approximate surface area is 167 Å². The molecule has 0 saturated carbocycles. The van der Waals surface area contributed by atoms with Crippen molar-refractivity contribution < 1.29 is 0 Å². The minimum Gasteiger partial charge on any atom is -0.0654 e. The molecule has 0 aromatic heterocycles. The SMILES string of the molecule is CCCCCCCCCCCCCCC1c2ccccc2-c2ccccc21. The fourth-order valence-corrected chi connectivity index (χ4v) is 4.76. The van der Waals surface area contributed by atoms with Crippen molar-refractivity contribution in [2.45, 2.75) is 96.3 Å². The Hall–Kier alpha value is -1.56. The summed E-state index contributed by atoms with van der Waals surface area (Å²) in [6.45, 7) is 2.30. The van der Waals surface area contributed by atoms with Gasteiger partial charge in [-0.15, -0.1) is 0 Å². The molecule has 0 heteroatoms. The van der Waals surface area contributed by atoms with Crippen molar-refractivity contribution in [3.63, 3.8) is 0 Å². The predicted octanol–water partition coefficient (Wildman–Crippen LogP) is 8.89. The number of unbranched alkanes of at least 4 members (excludes halogenated alkanes) is 11. The van der Waals surface area contributed by atoms with Gasteiger partial charge in [-0.25, -0.2) is 0 Å². The first kappa shape index (κ1) is 20.2. The number of rotatable bonds is 13. The molecule has 0 heterocycles. The first-order valence-corrected chi connectivity index (χ1v) is 11.6. The highest BCUT2D eigenvalue weighted by atomic mass is 14.3. The fraction of sp³-hybridized carbons (Fsp3) is 0.556. The molecule has 0 amide bonds. The lowest BCUT2D eigenvalue weighted by molar-refractivity contribution is 0.534. The molecular formula is C27H38. The molecule has 0 N–H and O–H groups in total. The van der Waals surface area contributed by atoms with Gasteiger partial charge in [0.05, 0.1) is 0 Å². The van der Waals surface area contributed by atoms with Gasteiger partial charge < -0.3 is 0 Å². The zero-order valence-corrected chi connectivity index (χ0v) is 17.4. The van der Waals surface area contributed by atoms with Gasteiger partial charge in [0.2, 0.25) is 0 Å². The lowest BCUT2D eigenvalue weighted by Gasteiger charge is -2.13. The summed E-state index contributed by atoms with van der Waals surface area (Å²) in [5, 5.41) is 0. The van der Waals surface area contributed by atoms with E-state index in [1.54, 1.807) is 11.1 Å². The Morgan fingerprint density at radius 2 is 0.926 bits per heavy atom. The van der Waals surface area contributed by atoms with Crippen LogP contribution in [0, 0.1) is 0 Å². The number of hydrogen-bond donors (Lipinski definition) is 0. The third-order valence-electron chi connectivity index (χ3n) is 6.31. The minimum absolute atomic E-state index is 0.625. The number of hydrogen-bond acceptors (Lipinski definition) is 0. The van der Waals surface area contributed by atoms with Gasteiger partial charge in [-0.3, -0.25) is 0 Å². The molecule has 0 radical (unpaired) electrons. The summed E-state index contributed by atoms with van der Waals surface area (Å²) in [6.07, 6.45) is 18.4. The predicted molar refractivity (Wildman–Crippen MR) is 119 cm³/mol. The van der Waals surface area contributed by atoms with E-state index in [0.29, 0.717) is 5.92 Å². The second-order valence-electron chi connectivity index (χ2n) is 8.40. The third kappa shape index (κ3) is 5.71. The van der Waals surface area contributed by atoms with Gasteiger partial charge in [0.15, 0.2) is 0 Å². The van der Waals surface area contributed by atoms with Gasteiger partial charge >= 0.3 is 0 Å². The summed E-state index contributed by atoms with van der Waals surface area (Å²) in [5.74, 6) is 0.625. The normalized spacial score (nSPS) is 12.9. The molecule has 0 aliphatic heterocycles. The molecule has 1 aliphatic carbocycles. The molecule has 3 rings (SSSR count). The highest BCUT2D eigenvalue weighted by molar-refractivity contribution is 5.78. The number of fused-ring (bicyclic) bond motifs is 3. The van der Waals surface area contributed by atoms with E-state index >= 15 is 0 Å². The molecule has 0 spiro atoms. The summed E-state index contributed by atoms with van der Waals surface area (Å²) in [5.41, 5.74) is 6.05. The number of benzene rings is 2. The van der Waals surface area contributed by atoms with Crippen molar-refractivity contribution in [2.24, 2.45) is 0 Å². The highest BCUT2D eigenvalue weighted by Crippen LogP contribution is 2.46. The van der Waals surface area contributed by atoms with Crippen LogP contribution in [0.1, 0.15) is 107 Å². The molecule has 0 unspecified atom stereocenters. The first-order valence-electron chi connectivity index (χ1n) is 11.6. The van der Waals surface area contributed by atoms with E-state index in [-0.39, 0.29) is 0 Å². The summed E-state index contributed by atoms with van der Waals surface area (Å²) in [4.78, 5) is 0. The molecule has 0 saturated heterocycles. The summed E-state index contributed by atoms with van der Waals surface area (Å²) in [7, 11) is 0. The second-order valence-corrected chi connectivity index (χ2v) is 8.40. The van der Waals surface area contributed by atoms with E-state index in [9.17, 15) is 0 Å². The van der Waals surface area contributed by atoms with Crippen LogP contribution >= 0.6 is 0 Å². The molecule has 2 aromatic rings. The Kier molecular flexibility index (Phi) is 8.46. The Bertz CT molecular complexity index is 624. The van der Waals surface area contributed by atoms with Gasteiger partial charge in [-0.05, 0) is 28.7 Å². The third-order valence-corrected chi connectivity index (χ3v) is 6.31. The maximum absolute atomic E-state index is 2.35. The van der Waals surface area contributed by atoms with E-state index in [1.807, 2.05) is 0 Å². The van der Waals surface area contributed by atoms with Gasteiger partial charge in [-0.1, -0.05) is 133 Å². The molecule has 0 atom stereocenters. The Balaban J connectivity index is 1.31. The average Bonchev–Trinajstić information content (AvgIpc) is 3.03. The van der Waals surface area contributed by atoms with Gasteiger partial charge in [0, 0.05) is 5.92 Å². The molecule has 1 aliphatic rings. The van der Waals surface area contributed by atoms with Crippen LogP contribution in [0.4, 0.5) is 0 Å². The van der Waals surface area contributed by atoms with Crippen molar-refractivity contribution in [3.05, 3.63) is 59.7 Å². The van der Waals surface area contributed by atoms with E-state index < -0.39 is 0 Å². The summed E-state index contributed by atoms with van der Waals surface area (Å²) < 4.78 is 0. The van der Waals surface area contributed by atoms with Crippen molar-refractivity contribution >= 4 is 0 Å². The second kappa shape index (κ2) is 11.3. The highest BCUT2D eigenvalue weighted by Gasteiger charge is 2.27. The maximum Gasteiger partial charge on any atom is 0.0102 e. The van der Waals surface area contributed by atoms with Crippen LogP contribution in [0.25, 0.3) is 11.1 Å². The van der Waals surface area contributed by atoms with E-state index in [1.165, 1.54) is 94.6 Å². The zero-order valence-electron chi connectivity index (χ0n) is 17.4. The molecule has 0 nitrogen and oxygen atoms in total. The van der Waals surface area contributed by atoms with E-state index in [2.05, 4.69) is 55.5 Å².